The minimum absolute atomic E-state index is 0.0511. The van der Waals surface area contributed by atoms with E-state index < -0.39 is 30.3 Å². The number of hydrogen-bond donors (Lipinski definition) is 2. The highest BCUT2D eigenvalue weighted by Crippen LogP contribution is 2.15. The van der Waals surface area contributed by atoms with Gasteiger partial charge in [0, 0.05) is 0 Å². The van der Waals surface area contributed by atoms with Gasteiger partial charge in [-0.1, -0.05) is 30.3 Å². The molecule has 1 aromatic rings. The van der Waals surface area contributed by atoms with Gasteiger partial charge in [0.05, 0.1) is 12.6 Å². The summed E-state index contributed by atoms with van der Waals surface area (Å²) in [5.74, 6) is -1.06. The van der Waals surface area contributed by atoms with Crippen LogP contribution in [0.2, 0.25) is 0 Å². The van der Waals surface area contributed by atoms with E-state index in [0.29, 0.717) is 0 Å². The average molecular weight is 295 g/mol. The fourth-order valence-corrected chi connectivity index (χ4v) is 1.62. The minimum Gasteiger partial charge on any atom is -0.480 e. The van der Waals surface area contributed by atoms with Crippen molar-refractivity contribution in [1.82, 2.24) is 5.32 Å². The Morgan fingerprint density at radius 3 is 2.38 bits per heavy atom. The molecule has 2 N–H and O–H groups in total. The van der Waals surface area contributed by atoms with Crippen molar-refractivity contribution in [3.8, 4) is 0 Å². The summed E-state index contributed by atoms with van der Waals surface area (Å²) in [4.78, 5) is 22.3. The molecule has 1 aromatic carbocycles. The van der Waals surface area contributed by atoms with E-state index >= 15 is 0 Å². The number of ether oxygens (including phenoxy) is 2. The summed E-state index contributed by atoms with van der Waals surface area (Å²) < 4.78 is 10.3. The molecule has 116 valence electrons. The first-order valence-electron chi connectivity index (χ1n) is 6.62. The summed E-state index contributed by atoms with van der Waals surface area (Å²) in [5, 5.41) is 11.3. The summed E-state index contributed by atoms with van der Waals surface area (Å²) >= 11 is 0. The van der Waals surface area contributed by atoms with Crippen LogP contribution in [0.3, 0.4) is 0 Å². The molecule has 1 atom stereocenters. The smallest absolute Gasteiger partial charge is 0.408 e. The molecule has 0 aliphatic carbocycles. The lowest BCUT2D eigenvalue weighted by Crippen LogP contribution is -2.36. The number of carboxylic acid groups (broad SMARTS) is 1. The second-order valence-corrected chi connectivity index (χ2v) is 5.52. The molecular weight excluding hydrogens is 274 g/mol. The maximum atomic E-state index is 11.8. The molecule has 0 radical (unpaired) electrons. The quantitative estimate of drug-likeness (QED) is 0.841. The molecule has 6 nitrogen and oxygen atoms in total. The third kappa shape index (κ3) is 7.31. The zero-order valence-corrected chi connectivity index (χ0v) is 12.5. The largest absolute Gasteiger partial charge is 0.480 e. The predicted octanol–water partition coefficient (Wildman–Crippen LogP) is 2.35. The van der Waals surface area contributed by atoms with Gasteiger partial charge in [-0.25, -0.2) is 9.59 Å². The average Bonchev–Trinajstić information content (AvgIpc) is 2.36. The first-order chi connectivity index (χ1) is 9.78. The number of amides is 1. The van der Waals surface area contributed by atoms with Gasteiger partial charge in [0.1, 0.15) is 12.2 Å². The molecule has 0 unspecified atom stereocenters. The summed E-state index contributed by atoms with van der Waals surface area (Å²) in [6.45, 7) is 4.94. The molecule has 1 amide bonds. The third-order valence-corrected chi connectivity index (χ3v) is 2.40. The molecule has 0 spiro atoms. The fraction of sp³-hybridized carbons (Fsp3) is 0.467. The molecule has 0 saturated heterocycles. The topological polar surface area (TPSA) is 84.9 Å². The van der Waals surface area contributed by atoms with Crippen molar-refractivity contribution in [1.29, 1.82) is 0 Å². The van der Waals surface area contributed by atoms with Gasteiger partial charge in [0.2, 0.25) is 0 Å². The number of carbonyl (C=O) groups is 2. The Hall–Kier alpha value is -2.08. The fourth-order valence-electron chi connectivity index (χ4n) is 1.62. The summed E-state index contributed by atoms with van der Waals surface area (Å²) in [6.07, 6.45) is -0.574. The van der Waals surface area contributed by atoms with Crippen LogP contribution in [0.5, 0.6) is 0 Å². The minimum atomic E-state index is -1.06. The van der Waals surface area contributed by atoms with E-state index in [4.69, 9.17) is 14.6 Å². The molecule has 0 bridgehead atoms. The van der Waals surface area contributed by atoms with Crippen LogP contribution in [-0.2, 0) is 14.3 Å². The second kappa shape index (κ2) is 7.64. The van der Waals surface area contributed by atoms with Crippen LogP contribution < -0.4 is 5.32 Å². The van der Waals surface area contributed by atoms with Crippen LogP contribution in [0.1, 0.15) is 32.4 Å². The van der Waals surface area contributed by atoms with Crippen LogP contribution in [0.4, 0.5) is 4.79 Å². The predicted molar refractivity (Wildman–Crippen MR) is 77.0 cm³/mol. The molecule has 21 heavy (non-hydrogen) atoms. The van der Waals surface area contributed by atoms with E-state index in [9.17, 15) is 9.59 Å². The maximum absolute atomic E-state index is 11.8. The molecule has 0 saturated carbocycles. The van der Waals surface area contributed by atoms with Crippen molar-refractivity contribution >= 4 is 12.1 Å². The van der Waals surface area contributed by atoms with Crippen LogP contribution in [0, 0.1) is 0 Å². The molecule has 0 aliphatic rings. The SMILES string of the molecule is CC(C)(C)OC(=O)N[C@H](COCC(=O)O)c1ccccc1. The van der Waals surface area contributed by atoms with E-state index in [1.165, 1.54) is 0 Å². The first kappa shape index (κ1) is 17.0. The zero-order chi connectivity index (χ0) is 15.9. The van der Waals surface area contributed by atoms with Gasteiger partial charge in [0.15, 0.2) is 0 Å². The van der Waals surface area contributed by atoms with Crippen molar-refractivity contribution in [2.75, 3.05) is 13.2 Å². The summed E-state index contributed by atoms with van der Waals surface area (Å²) in [6, 6.07) is 8.69. The number of benzene rings is 1. The Morgan fingerprint density at radius 2 is 1.86 bits per heavy atom. The number of carboxylic acids is 1. The molecule has 0 aromatic heterocycles. The molecule has 0 fully saturated rings. The molecule has 0 aliphatic heterocycles. The number of nitrogens with one attached hydrogen (secondary N) is 1. The van der Waals surface area contributed by atoms with E-state index in [1.54, 1.807) is 20.8 Å². The highest BCUT2D eigenvalue weighted by atomic mass is 16.6. The molecule has 6 heteroatoms. The normalized spacial score (nSPS) is 12.5. The van der Waals surface area contributed by atoms with Gasteiger partial charge in [-0.2, -0.15) is 0 Å². The van der Waals surface area contributed by atoms with Crippen LogP contribution in [0.15, 0.2) is 30.3 Å². The van der Waals surface area contributed by atoms with Gasteiger partial charge in [-0.05, 0) is 26.3 Å². The van der Waals surface area contributed by atoms with E-state index in [-0.39, 0.29) is 6.61 Å². The number of hydrogen-bond acceptors (Lipinski definition) is 4. The van der Waals surface area contributed by atoms with Crippen LogP contribution in [-0.4, -0.2) is 36.0 Å². The monoisotopic (exact) mass is 295 g/mol. The maximum Gasteiger partial charge on any atom is 0.408 e. The molecule has 1 rings (SSSR count). The number of carbonyl (C=O) groups excluding carboxylic acids is 1. The highest BCUT2D eigenvalue weighted by molar-refractivity contribution is 5.69. The van der Waals surface area contributed by atoms with Crippen molar-refractivity contribution in [2.45, 2.75) is 32.4 Å². The van der Waals surface area contributed by atoms with Gasteiger partial charge in [-0.3, -0.25) is 0 Å². The van der Waals surface area contributed by atoms with E-state index in [1.807, 2.05) is 30.3 Å². The number of alkyl carbamates (subject to hydrolysis) is 1. The Kier molecular flexibility index (Phi) is 6.17. The van der Waals surface area contributed by atoms with Gasteiger partial charge in [0.25, 0.3) is 0 Å². The molecular formula is C15H21NO5. The van der Waals surface area contributed by atoms with Crippen molar-refractivity contribution < 1.29 is 24.2 Å². The van der Waals surface area contributed by atoms with Crippen molar-refractivity contribution in [2.24, 2.45) is 0 Å². The summed E-state index contributed by atoms with van der Waals surface area (Å²) in [5.41, 5.74) is 0.210. The van der Waals surface area contributed by atoms with Gasteiger partial charge >= 0.3 is 12.1 Å². The lowest BCUT2D eigenvalue weighted by molar-refractivity contribution is -0.142. The Morgan fingerprint density at radius 1 is 1.24 bits per heavy atom. The Balaban J connectivity index is 2.68. The standard InChI is InChI=1S/C15H21NO5/c1-15(2,3)21-14(19)16-12(9-20-10-13(17)18)11-7-5-4-6-8-11/h4-8,12H,9-10H2,1-3H3,(H,16,19)(H,17,18)/t12-/m1/s1. The van der Waals surface area contributed by atoms with E-state index in [0.717, 1.165) is 5.56 Å². The van der Waals surface area contributed by atoms with Gasteiger partial charge in [-0.15, -0.1) is 0 Å². The van der Waals surface area contributed by atoms with Crippen LogP contribution >= 0.6 is 0 Å². The van der Waals surface area contributed by atoms with Crippen molar-refractivity contribution in [3.63, 3.8) is 0 Å². The highest BCUT2D eigenvalue weighted by Gasteiger charge is 2.20. The van der Waals surface area contributed by atoms with Crippen LogP contribution in [0.25, 0.3) is 0 Å². The zero-order valence-electron chi connectivity index (χ0n) is 12.5. The Labute approximate surface area is 124 Å². The lowest BCUT2D eigenvalue weighted by Gasteiger charge is -2.23. The second-order valence-electron chi connectivity index (χ2n) is 5.52. The summed E-state index contributed by atoms with van der Waals surface area (Å²) in [7, 11) is 0. The third-order valence-electron chi connectivity index (χ3n) is 2.40. The van der Waals surface area contributed by atoms with E-state index in [2.05, 4.69) is 5.32 Å². The molecule has 0 heterocycles. The number of rotatable bonds is 6. The first-order valence-corrected chi connectivity index (χ1v) is 6.62. The lowest BCUT2D eigenvalue weighted by atomic mass is 10.1. The van der Waals surface area contributed by atoms with Gasteiger partial charge < -0.3 is 19.9 Å². The Bertz CT molecular complexity index is 467. The van der Waals surface area contributed by atoms with Crippen molar-refractivity contribution in [3.05, 3.63) is 35.9 Å². The number of aliphatic carboxylic acids is 1.